The van der Waals surface area contributed by atoms with E-state index >= 15 is 0 Å². The third kappa shape index (κ3) is 20.0. The van der Waals surface area contributed by atoms with Gasteiger partial charge < -0.3 is 4.57 Å². The van der Waals surface area contributed by atoms with E-state index in [-0.39, 0.29) is 0 Å². The second-order valence-corrected chi connectivity index (χ2v) is 10.8. The van der Waals surface area contributed by atoms with Gasteiger partial charge >= 0.3 is 0 Å². The van der Waals surface area contributed by atoms with E-state index in [1.807, 2.05) is 13.3 Å². The highest BCUT2D eigenvalue weighted by Gasteiger charge is 2.05. The fourth-order valence-corrected chi connectivity index (χ4v) is 3.73. The van der Waals surface area contributed by atoms with Gasteiger partial charge in [0.15, 0.2) is 0 Å². The highest BCUT2D eigenvalue weighted by molar-refractivity contribution is 7.62. The Hall–Kier alpha value is -0.0300. The highest BCUT2D eigenvalue weighted by atomic mass is 31.2. The van der Waals surface area contributed by atoms with Gasteiger partial charge in [0.25, 0.3) is 0 Å². The minimum absolute atomic E-state index is 0.939. The summed E-state index contributed by atoms with van der Waals surface area (Å²) >= 11 is 0. The summed E-state index contributed by atoms with van der Waals surface area (Å²) in [5, 5.41) is 0. The quantitative estimate of drug-likeness (QED) is 0.161. The topological polar surface area (TPSA) is 17.1 Å². The smallest absolute Gasteiger partial charge is 0.0819 e. The monoisotopic (exact) mass is 328 g/mol. The highest BCUT2D eigenvalue weighted by Crippen LogP contribution is 2.36. The summed E-state index contributed by atoms with van der Waals surface area (Å²) in [7, 11) is -1.76. The van der Waals surface area contributed by atoms with Crippen LogP contribution < -0.4 is 0 Å². The maximum atomic E-state index is 11.6. The van der Waals surface area contributed by atoms with Gasteiger partial charge in [0, 0.05) is 6.16 Å². The first kappa shape index (κ1) is 22.0. The van der Waals surface area contributed by atoms with Crippen molar-refractivity contribution in [2.45, 2.75) is 96.8 Å². The summed E-state index contributed by atoms with van der Waals surface area (Å²) in [4.78, 5) is 0. The summed E-state index contributed by atoms with van der Waals surface area (Å²) in [6.45, 7) is 6.09. The maximum absolute atomic E-state index is 11.6. The second-order valence-electron chi connectivity index (χ2n) is 7.24. The number of rotatable bonds is 16. The predicted molar refractivity (Wildman–Crippen MR) is 104 cm³/mol. The predicted octanol–water partition coefficient (Wildman–Crippen LogP) is 7.65. The average molecular weight is 329 g/mol. The summed E-state index contributed by atoms with van der Waals surface area (Å²) in [6, 6.07) is 0. The molecular formula is C20H41OP. The molecule has 0 unspecified atom stereocenters. The Balaban J connectivity index is 3.13. The zero-order valence-corrected chi connectivity index (χ0v) is 16.5. The van der Waals surface area contributed by atoms with Gasteiger partial charge in [-0.1, -0.05) is 76.9 Å². The van der Waals surface area contributed by atoms with Crippen molar-refractivity contribution in [3.63, 3.8) is 0 Å². The Morgan fingerprint density at radius 3 is 1.50 bits per heavy atom. The standard InChI is InChI=1S/C20H41OP/c1-4-5-6-7-8-9-10-11-12-13-14-15-16-17-18-19-20-22(2,3)21/h11-12H,4-10,13-20H2,1-3H3/b12-11-. The van der Waals surface area contributed by atoms with Crippen LogP contribution in [0.15, 0.2) is 12.2 Å². The van der Waals surface area contributed by atoms with Gasteiger partial charge in [0.05, 0.1) is 7.14 Å². The molecule has 0 heterocycles. The first-order chi connectivity index (χ1) is 10.6. The molecule has 0 amide bonds. The van der Waals surface area contributed by atoms with E-state index in [1.54, 1.807) is 0 Å². The van der Waals surface area contributed by atoms with Gasteiger partial charge in [0.2, 0.25) is 0 Å². The first-order valence-electron chi connectivity index (χ1n) is 9.75. The molecule has 0 fully saturated rings. The number of unbranched alkanes of at least 4 members (excludes halogenated alkanes) is 12. The van der Waals surface area contributed by atoms with Crippen LogP contribution in [0.3, 0.4) is 0 Å². The van der Waals surface area contributed by atoms with Gasteiger partial charge in [-0.25, -0.2) is 0 Å². The summed E-state index contributed by atoms with van der Waals surface area (Å²) < 4.78 is 11.6. The summed E-state index contributed by atoms with van der Waals surface area (Å²) in [5.74, 6) is 0. The van der Waals surface area contributed by atoms with Crippen LogP contribution in [0, 0.1) is 0 Å². The van der Waals surface area contributed by atoms with Crippen LogP contribution in [-0.4, -0.2) is 19.5 Å². The summed E-state index contributed by atoms with van der Waals surface area (Å²) in [6.07, 6.45) is 24.4. The van der Waals surface area contributed by atoms with E-state index in [9.17, 15) is 4.57 Å². The van der Waals surface area contributed by atoms with Crippen LogP contribution >= 0.6 is 7.14 Å². The molecule has 0 bridgehead atoms. The molecule has 0 aromatic rings. The zero-order chi connectivity index (χ0) is 16.5. The second kappa shape index (κ2) is 15.9. The first-order valence-corrected chi connectivity index (χ1v) is 12.5. The van der Waals surface area contributed by atoms with Crippen LogP contribution in [0.2, 0.25) is 0 Å². The van der Waals surface area contributed by atoms with E-state index in [1.165, 1.54) is 83.5 Å². The molecule has 0 N–H and O–H groups in total. The molecule has 0 aliphatic carbocycles. The average Bonchev–Trinajstić information content (AvgIpc) is 2.45. The Kier molecular flexibility index (Phi) is 15.8. The van der Waals surface area contributed by atoms with Crippen molar-refractivity contribution >= 4 is 7.14 Å². The molecule has 0 atom stereocenters. The molecule has 0 aromatic carbocycles. The maximum Gasteiger partial charge on any atom is 0.0819 e. The van der Waals surface area contributed by atoms with Crippen molar-refractivity contribution in [3.05, 3.63) is 12.2 Å². The van der Waals surface area contributed by atoms with E-state index in [2.05, 4.69) is 19.1 Å². The van der Waals surface area contributed by atoms with Crippen molar-refractivity contribution in [2.75, 3.05) is 19.5 Å². The Labute approximate surface area is 140 Å². The van der Waals surface area contributed by atoms with Crippen molar-refractivity contribution < 1.29 is 4.57 Å². The van der Waals surface area contributed by atoms with Crippen molar-refractivity contribution in [1.29, 1.82) is 0 Å². The van der Waals surface area contributed by atoms with Gasteiger partial charge in [-0.2, -0.15) is 0 Å². The Morgan fingerprint density at radius 1 is 0.636 bits per heavy atom. The lowest BCUT2D eigenvalue weighted by Crippen LogP contribution is -1.87. The largest absolute Gasteiger partial charge is 0.324 e. The molecule has 2 heteroatoms. The molecule has 0 rings (SSSR count). The molecule has 22 heavy (non-hydrogen) atoms. The van der Waals surface area contributed by atoms with Crippen molar-refractivity contribution in [2.24, 2.45) is 0 Å². The third-order valence-corrected chi connectivity index (χ3v) is 5.60. The van der Waals surface area contributed by atoms with E-state index in [4.69, 9.17) is 0 Å². The van der Waals surface area contributed by atoms with E-state index in [0.717, 1.165) is 12.6 Å². The lowest BCUT2D eigenvalue weighted by Gasteiger charge is -2.05. The Morgan fingerprint density at radius 2 is 1.05 bits per heavy atom. The van der Waals surface area contributed by atoms with Gasteiger partial charge in [-0.15, -0.1) is 0 Å². The molecule has 0 aliphatic heterocycles. The van der Waals surface area contributed by atoms with E-state index in [0.29, 0.717) is 0 Å². The minimum atomic E-state index is -1.76. The lowest BCUT2D eigenvalue weighted by molar-refractivity contribution is 0.574. The number of hydrogen-bond donors (Lipinski definition) is 0. The third-order valence-electron chi connectivity index (χ3n) is 4.21. The SMILES string of the molecule is CCCCCCCC/C=C\CCCCCCCCP(C)(C)=O. The molecule has 0 saturated carbocycles. The van der Waals surface area contributed by atoms with Crippen LogP contribution in [0.25, 0.3) is 0 Å². The van der Waals surface area contributed by atoms with Gasteiger partial charge in [0.1, 0.15) is 0 Å². The minimum Gasteiger partial charge on any atom is -0.324 e. The van der Waals surface area contributed by atoms with Crippen LogP contribution in [0.4, 0.5) is 0 Å². The molecule has 0 aliphatic rings. The molecule has 0 aromatic heterocycles. The fourth-order valence-electron chi connectivity index (χ4n) is 2.74. The van der Waals surface area contributed by atoms with Gasteiger partial charge in [-0.05, 0) is 45.4 Å². The summed E-state index contributed by atoms with van der Waals surface area (Å²) in [5.41, 5.74) is 0. The molecule has 0 spiro atoms. The van der Waals surface area contributed by atoms with Crippen molar-refractivity contribution in [3.8, 4) is 0 Å². The molecule has 132 valence electrons. The van der Waals surface area contributed by atoms with E-state index < -0.39 is 7.14 Å². The van der Waals surface area contributed by atoms with Crippen molar-refractivity contribution in [1.82, 2.24) is 0 Å². The van der Waals surface area contributed by atoms with Crippen LogP contribution in [0.5, 0.6) is 0 Å². The number of hydrogen-bond acceptors (Lipinski definition) is 1. The molecular weight excluding hydrogens is 287 g/mol. The Bertz CT molecular complexity index is 290. The zero-order valence-electron chi connectivity index (χ0n) is 15.6. The fraction of sp³-hybridized carbons (Fsp3) is 0.900. The normalized spacial score (nSPS) is 12.3. The molecule has 1 nitrogen and oxygen atoms in total. The van der Waals surface area contributed by atoms with Crippen LogP contribution in [0.1, 0.15) is 96.8 Å². The lowest BCUT2D eigenvalue weighted by atomic mass is 10.1. The number of allylic oxidation sites excluding steroid dienone is 2. The molecule has 0 radical (unpaired) electrons. The van der Waals surface area contributed by atoms with Crippen LogP contribution in [-0.2, 0) is 4.57 Å². The van der Waals surface area contributed by atoms with Gasteiger partial charge in [-0.3, -0.25) is 0 Å². The molecule has 0 saturated heterocycles.